The number of hydrogen-bond donors (Lipinski definition) is 2. The second kappa shape index (κ2) is 6.67. The molecule has 1 unspecified atom stereocenters. The fraction of sp³-hybridized carbons (Fsp3) is 0.0952. The summed E-state index contributed by atoms with van der Waals surface area (Å²) in [7, 11) is 0. The van der Waals surface area contributed by atoms with Crippen LogP contribution in [0.3, 0.4) is 0 Å². The lowest BCUT2D eigenvalue weighted by Gasteiger charge is -2.12. The second-order valence-electron chi connectivity index (χ2n) is 6.35. The normalized spacial score (nSPS) is 15.6. The minimum atomic E-state index is -0.354. The highest BCUT2D eigenvalue weighted by Gasteiger charge is 2.33. The lowest BCUT2D eigenvalue weighted by Crippen LogP contribution is -2.14. The first-order valence-corrected chi connectivity index (χ1v) is 8.95. The van der Waals surface area contributed by atoms with Crippen LogP contribution in [0.1, 0.15) is 17.0 Å². The molecule has 0 fully saturated rings. The van der Waals surface area contributed by atoms with Crippen LogP contribution in [0.15, 0.2) is 60.7 Å². The zero-order chi connectivity index (χ0) is 18.3. The maximum absolute atomic E-state index is 12.6. The van der Waals surface area contributed by atoms with E-state index in [1.54, 1.807) is 30.3 Å². The Kier molecular flexibility index (Phi) is 4.35. The standard InChI is InChI=1S/C21H15Cl2NO2/c22-14-7-13(8-15(23)9-14)17-10-16(25)11-18-19(21(26)24-20(17)18)6-12-4-2-1-3-5-12/h1-5,7-11,19,25H,6H2,(H,24,26). The van der Waals surface area contributed by atoms with Crippen LogP contribution in [-0.2, 0) is 11.2 Å². The number of phenols is 1. The first-order valence-electron chi connectivity index (χ1n) is 8.19. The van der Waals surface area contributed by atoms with Crippen LogP contribution in [0.5, 0.6) is 5.75 Å². The largest absolute Gasteiger partial charge is 0.508 e. The van der Waals surface area contributed by atoms with Crippen LogP contribution in [0.4, 0.5) is 5.69 Å². The number of rotatable bonds is 3. The van der Waals surface area contributed by atoms with E-state index in [4.69, 9.17) is 23.2 Å². The monoisotopic (exact) mass is 383 g/mol. The van der Waals surface area contributed by atoms with Gasteiger partial charge in [0.15, 0.2) is 0 Å². The van der Waals surface area contributed by atoms with E-state index in [0.29, 0.717) is 27.7 Å². The summed E-state index contributed by atoms with van der Waals surface area (Å²) < 4.78 is 0. The first-order chi connectivity index (χ1) is 12.5. The summed E-state index contributed by atoms with van der Waals surface area (Å²) in [5, 5.41) is 14.2. The molecule has 0 saturated heterocycles. The lowest BCUT2D eigenvalue weighted by atomic mass is 9.90. The molecule has 26 heavy (non-hydrogen) atoms. The summed E-state index contributed by atoms with van der Waals surface area (Å²) in [6.07, 6.45) is 0.568. The van der Waals surface area contributed by atoms with Crippen molar-refractivity contribution in [1.82, 2.24) is 0 Å². The molecule has 1 atom stereocenters. The number of fused-ring (bicyclic) bond motifs is 1. The number of halogens is 2. The van der Waals surface area contributed by atoms with Gasteiger partial charge >= 0.3 is 0 Å². The Morgan fingerprint density at radius 1 is 0.962 bits per heavy atom. The van der Waals surface area contributed by atoms with Gasteiger partial charge in [-0.2, -0.15) is 0 Å². The van der Waals surface area contributed by atoms with Gasteiger partial charge in [-0.25, -0.2) is 0 Å². The Hall–Kier alpha value is -2.49. The van der Waals surface area contributed by atoms with Gasteiger partial charge in [-0.15, -0.1) is 0 Å². The number of anilines is 1. The van der Waals surface area contributed by atoms with Crippen molar-refractivity contribution < 1.29 is 9.90 Å². The van der Waals surface area contributed by atoms with Crippen molar-refractivity contribution in [3.05, 3.63) is 81.8 Å². The second-order valence-corrected chi connectivity index (χ2v) is 7.22. The van der Waals surface area contributed by atoms with Crippen molar-refractivity contribution in [2.45, 2.75) is 12.3 Å². The summed E-state index contributed by atoms with van der Waals surface area (Å²) in [5.74, 6) is -0.332. The maximum Gasteiger partial charge on any atom is 0.232 e. The van der Waals surface area contributed by atoms with E-state index in [2.05, 4.69) is 5.32 Å². The first kappa shape index (κ1) is 17.0. The smallest absolute Gasteiger partial charge is 0.232 e. The topological polar surface area (TPSA) is 49.3 Å². The molecule has 1 aliphatic rings. The molecule has 1 amide bonds. The van der Waals surface area contributed by atoms with Crippen LogP contribution < -0.4 is 5.32 Å². The molecule has 0 spiro atoms. The zero-order valence-electron chi connectivity index (χ0n) is 13.7. The Morgan fingerprint density at radius 2 is 1.65 bits per heavy atom. The third-order valence-corrected chi connectivity index (χ3v) is 4.99. The van der Waals surface area contributed by atoms with E-state index in [9.17, 15) is 9.90 Å². The minimum Gasteiger partial charge on any atom is -0.508 e. The average Bonchev–Trinajstić information content (AvgIpc) is 2.90. The molecule has 0 aromatic heterocycles. The number of phenolic OH excluding ortho intramolecular Hbond substituents is 1. The average molecular weight is 384 g/mol. The molecule has 0 aliphatic carbocycles. The molecule has 0 bridgehead atoms. The van der Waals surface area contributed by atoms with E-state index < -0.39 is 0 Å². The van der Waals surface area contributed by atoms with Crippen molar-refractivity contribution in [2.75, 3.05) is 5.32 Å². The van der Waals surface area contributed by atoms with Gasteiger partial charge in [0.05, 0.1) is 11.6 Å². The molecule has 1 aliphatic heterocycles. The number of amides is 1. The highest BCUT2D eigenvalue weighted by molar-refractivity contribution is 6.35. The van der Waals surface area contributed by atoms with Crippen LogP contribution >= 0.6 is 23.2 Å². The predicted molar refractivity (Wildman–Crippen MR) is 105 cm³/mol. The number of aromatic hydroxyl groups is 1. The molecule has 5 heteroatoms. The Bertz CT molecular complexity index is 982. The number of carbonyl (C=O) groups excluding carboxylic acids is 1. The van der Waals surface area contributed by atoms with Gasteiger partial charge in [-0.05, 0) is 53.4 Å². The summed E-state index contributed by atoms with van der Waals surface area (Å²) in [5.41, 5.74) is 4.00. The van der Waals surface area contributed by atoms with Crippen molar-refractivity contribution >= 4 is 34.8 Å². The molecule has 130 valence electrons. The summed E-state index contributed by atoms with van der Waals surface area (Å²) in [4.78, 5) is 12.6. The number of benzene rings is 3. The van der Waals surface area contributed by atoms with E-state index >= 15 is 0 Å². The predicted octanol–water partition coefficient (Wildman–Crippen LogP) is 5.64. The van der Waals surface area contributed by atoms with Crippen LogP contribution in [0.25, 0.3) is 11.1 Å². The van der Waals surface area contributed by atoms with Crippen molar-refractivity contribution in [3.8, 4) is 16.9 Å². The SMILES string of the molecule is O=C1Nc2c(-c3cc(Cl)cc(Cl)c3)cc(O)cc2C1Cc1ccccc1. The van der Waals surface area contributed by atoms with Crippen LogP contribution in [0, 0.1) is 0 Å². The Balaban J connectivity index is 1.81. The molecule has 3 aromatic carbocycles. The number of carbonyl (C=O) groups is 1. The van der Waals surface area contributed by atoms with E-state index in [-0.39, 0.29) is 17.6 Å². The van der Waals surface area contributed by atoms with E-state index in [1.165, 1.54) is 0 Å². The third kappa shape index (κ3) is 3.16. The third-order valence-electron chi connectivity index (χ3n) is 4.55. The van der Waals surface area contributed by atoms with Crippen molar-refractivity contribution in [2.24, 2.45) is 0 Å². The van der Waals surface area contributed by atoms with E-state index in [1.807, 2.05) is 30.3 Å². The summed E-state index contributed by atoms with van der Waals surface area (Å²) >= 11 is 12.2. The fourth-order valence-electron chi connectivity index (χ4n) is 3.40. The molecule has 4 rings (SSSR count). The highest BCUT2D eigenvalue weighted by atomic mass is 35.5. The Labute approximate surface area is 161 Å². The van der Waals surface area contributed by atoms with Gasteiger partial charge in [-0.3, -0.25) is 4.79 Å². The summed E-state index contributed by atoms with van der Waals surface area (Å²) in [6.45, 7) is 0. The minimum absolute atomic E-state index is 0.0798. The fourth-order valence-corrected chi connectivity index (χ4v) is 3.93. The van der Waals surface area contributed by atoms with Gasteiger partial charge in [0.1, 0.15) is 5.75 Å². The van der Waals surface area contributed by atoms with E-state index in [0.717, 1.165) is 16.7 Å². The molecule has 3 nitrogen and oxygen atoms in total. The van der Waals surface area contributed by atoms with Crippen molar-refractivity contribution in [3.63, 3.8) is 0 Å². The van der Waals surface area contributed by atoms with Crippen LogP contribution in [-0.4, -0.2) is 11.0 Å². The molecular formula is C21H15Cl2NO2. The summed E-state index contributed by atoms with van der Waals surface area (Å²) in [6, 6.07) is 18.3. The molecule has 0 radical (unpaired) electrons. The Morgan fingerprint density at radius 3 is 2.35 bits per heavy atom. The van der Waals surface area contributed by atoms with Gasteiger partial charge in [0.2, 0.25) is 5.91 Å². The maximum atomic E-state index is 12.6. The quantitative estimate of drug-likeness (QED) is 0.574. The van der Waals surface area contributed by atoms with Gasteiger partial charge in [-0.1, -0.05) is 53.5 Å². The van der Waals surface area contributed by atoms with Gasteiger partial charge in [0.25, 0.3) is 0 Å². The molecule has 3 aromatic rings. The number of hydrogen-bond acceptors (Lipinski definition) is 2. The highest BCUT2D eigenvalue weighted by Crippen LogP contribution is 2.44. The molecule has 0 saturated carbocycles. The lowest BCUT2D eigenvalue weighted by molar-refractivity contribution is -0.117. The molecular weight excluding hydrogens is 369 g/mol. The van der Waals surface area contributed by atoms with Crippen molar-refractivity contribution in [1.29, 1.82) is 0 Å². The van der Waals surface area contributed by atoms with Crippen LogP contribution in [0.2, 0.25) is 10.0 Å². The zero-order valence-corrected chi connectivity index (χ0v) is 15.2. The van der Waals surface area contributed by atoms with Gasteiger partial charge in [0, 0.05) is 15.6 Å². The molecule has 2 N–H and O–H groups in total. The van der Waals surface area contributed by atoms with Gasteiger partial charge < -0.3 is 10.4 Å². The molecule has 1 heterocycles. The number of nitrogens with one attached hydrogen (secondary N) is 1.